The Balaban J connectivity index is 1.76. The Hall–Kier alpha value is -1.96. The first-order valence-corrected chi connectivity index (χ1v) is 9.26. The van der Waals surface area contributed by atoms with Crippen molar-refractivity contribution in [2.45, 2.75) is 52.1 Å². The summed E-state index contributed by atoms with van der Waals surface area (Å²) in [4.78, 5) is 14.3. The SMILES string of the molecule is Cc1nnc(NCC2CCCCN2c2ccc(=O)n(C(C)C)n2)s1. The van der Waals surface area contributed by atoms with Crippen LogP contribution in [-0.2, 0) is 0 Å². The van der Waals surface area contributed by atoms with Crippen molar-refractivity contribution >= 4 is 22.3 Å². The summed E-state index contributed by atoms with van der Waals surface area (Å²) in [6.07, 6.45) is 3.46. The van der Waals surface area contributed by atoms with Gasteiger partial charge < -0.3 is 10.2 Å². The van der Waals surface area contributed by atoms with Gasteiger partial charge in [-0.1, -0.05) is 11.3 Å². The van der Waals surface area contributed by atoms with Crippen LogP contribution < -0.4 is 15.8 Å². The second-order valence-electron chi connectivity index (χ2n) is 6.42. The molecule has 1 fully saturated rings. The number of piperidine rings is 1. The second-order valence-corrected chi connectivity index (χ2v) is 7.60. The lowest BCUT2D eigenvalue weighted by molar-refractivity contribution is 0.451. The van der Waals surface area contributed by atoms with Crippen LogP contribution in [0.3, 0.4) is 0 Å². The van der Waals surface area contributed by atoms with E-state index in [1.54, 1.807) is 22.1 Å². The fourth-order valence-electron chi connectivity index (χ4n) is 3.03. The van der Waals surface area contributed by atoms with Crippen molar-refractivity contribution in [3.05, 3.63) is 27.5 Å². The van der Waals surface area contributed by atoms with E-state index in [2.05, 4.69) is 25.5 Å². The standard InChI is InChI=1S/C16H24N6OS/c1-11(2)22-15(23)8-7-14(20-22)21-9-5-4-6-13(21)10-17-16-19-18-12(3)24-16/h7-8,11,13H,4-6,9-10H2,1-3H3,(H,17,19). The van der Waals surface area contributed by atoms with Crippen LogP contribution in [0.15, 0.2) is 16.9 Å². The zero-order chi connectivity index (χ0) is 17.1. The van der Waals surface area contributed by atoms with Crippen LogP contribution in [0.5, 0.6) is 0 Å². The molecule has 3 rings (SSSR count). The first-order valence-electron chi connectivity index (χ1n) is 8.45. The molecule has 2 aromatic rings. The molecule has 0 saturated carbocycles. The molecule has 1 aliphatic heterocycles. The molecule has 1 atom stereocenters. The predicted molar refractivity (Wildman–Crippen MR) is 97.0 cm³/mol. The topological polar surface area (TPSA) is 75.9 Å². The third-order valence-electron chi connectivity index (χ3n) is 4.24. The van der Waals surface area contributed by atoms with Crippen LogP contribution in [0.4, 0.5) is 10.9 Å². The highest BCUT2D eigenvalue weighted by Gasteiger charge is 2.24. The zero-order valence-corrected chi connectivity index (χ0v) is 15.2. The molecule has 0 amide bonds. The van der Waals surface area contributed by atoms with Gasteiger partial charge in [0.1, 0.15) is 10.8 Å². The highest BCUT2D eigenvalue weighted by molar-refractivity contribution is 7.15. The highest BCUT2D eigenvalue weighted by Crippen LogP contribution is 2.23. The molecule has 3 heterocycles. The van der Waals surface area contributed by atoms with Crippen LogP contribution in [0, 0.1) is 6.92 Å². The molecular weight excluding hydrogens is 324 g/mol. The van der Waals surface area contributed by atoms with Gasteiger partial charge in [-0.05, 0) is 46.1 Å². The van der Waals surface area contributed by atoms with Crippen LogP contribution in [-0.4, -0.2) is 39.1 Å². The maximum absolute atomic E-state index is 11.9. The van der Waals surface area contributed by atoms with E-state index < -0.39 is 0 Å². The van der Waals surface area contributed by atoms with Crippen LogP contribution in [0.25, 0.3) is 0 Å². The Morgan fingerprint density at radius 1 is 1.33 bits per heavy atom. The fourth-order valence-corrected chi connectivity index (χ4v) is 3.62. The van der Waals surface area contributed by atoms with Crippen molar-refractivity contribution in [2.75, 3.05) is 23.3 Å². The molecule has 2 aromatic heterocycles. The molecule has 0 aromatic carbocycles. The summed E-state index contributed by atoms with van der Waals surface area (Å²) < 4.78 is 1.56. The Morgan fingerprint density at radius 2 is 2.17 bits per heavy atom. The van der Waals surface area contributed by atoms with E-state index in [1.807, 2.05) is 26.8 Å². The largest absolute Gasteiger partial charge is 0.358 e. The van der Waals surface area contributed by atoms with Crippen molar-refractivity contribution in [1.82, 2.24) is 20.0 Å². The number of nitrogens with zero attached hydrogens (tertiary/aromatic N) is 5. The molecule has 8 heteroatoms. The molecular formula is C16H24N6OS. The van der Waals surface area contributed by atoms with E-state index in [9.17, 15) is 4.79 Å². The van der Waals surface area contributed by atoms with Gasteiger partial charge in [-0.2, -0.15) is 5.10 Å². The van der Waals surface area contributed by atoms with Gasteiger partial charge >= 0.3 is 0 Å². The number of anilines is 2. The van der Waals surface area contributed by atoms with Crippen molar-refractivity contribution < 1.29 is 0 Å². The number of rotatable bonds is 5. The summed E-state index contributed by atoms with van der Waals surface area (Å²) in [6.45, 7) is 7.67. The van der Waals surface area contributed by atoms with Crippen molar-refractivity contribution in [3.8, 4) is 0 Å². The fraction of sp³-hybridized carbons (Fsp3) is 0.625. The third kappa shape index (κ3) is 3.75. The van der Waals surface area contributed by atoms with E-state index in [1.165, 1.54) is 6.42 Å². The minimum Gasteiger partial charge on any atom is -0.358 e. The summed E-state index contributed by atoms with van der Waals surface area (Å²) in [5, 5.41) is 18.0. The second kappa shape index (κ2) is 7.29. The summed E-state index contributed by atoms with van der Waals surface area (Å²) in [6, 6.07) is 3.86. The maximum atomic E-state index is 11.9. The van der Waals surface area contributed by atoms with Gasteiger partial charge in [-0.15, -0.1) is 10.2 Å². The quantitative estimate of drug-likeness (QED) is 0.894. The van der Waals surface area contributed by atoms with E-state index in [4.69, 9.17) is 0 Å². The Labute approximate surface area is 145 Å². The lowest BCUT2D eigenvalue weighted by Gasteiger charge is -2.36. The van der Waals surface area contributed by atoms with Gasteiger partial charge in [0.2, 0.25) is 5.13 Å². The molecule has 130 valence electrons. The van der Waals surface area contributed by atoms with Gasteiger partial charge in [0, 0.05) is 25.2 Å². The van der Waals surface area contributed by atoms with Crippen LogP contribution in [0.1, 0.15) is 44.2 Å². The van der Waals surface area contributed by atoms with Gasteiger partial charge in [-0.3, -0.25) is 4.79 Å². The van der Waals surface area contributed by atoms with Crippen molar-refractivity contribution in [2.24, 2.45) is 0 Å². The summed E-state index contributed by atoms with van der Waals surface area (Å²) >= 11 is 1.57. The third-order valence-corrected chi connectivity index (χ3v) is 5.03. The molecule has 0 bridgehead atoms. The van der Waals surface area contributed by atoms with E-state index in [0.717, 1.165) is 41.9 Å². The lowest BCUT2D eigenvalue weighted by Crippen LogP contribution is -2.45. The van der Waals surface area contributed by atoms with Gasteiger partial charge in [0.25, 0.3) is 5.56 Å². The van der Waals surface area contributed by atoms with Crippen LogP contribution >= 0.6 is 11.3 Å². The van der Waals surface area contributed by atoms with Crippen LogP contribution in [0.2, 0.25) is 0 Å². The van der Waals surface area contributed by atoms with E-state index in [0.29, 0.717) is 6.04 Å². The molecule has 24 heavy (non-hydrogen) atoms. The average Bonchev–Trinajstić information content (AvgIpc) is 2.99. The first kappa shape index (κ1) is 16.9. The molecule has 1 aliphatic rings. The Kier molecular flexibility index (Phi) is 5.13. The summed E-state index contributed by atoms with van der Waals surface area (Å²) in [7, 11) is 0. The Morgan fingerprint density at radius 3 is 2.88 bits per heavy atom. The zero-order valence-electron chi connectivity index (χ0n) is 14.4. The van der Waals surface area contributed by atoms with Crippen molar-refractivity contribution in [3.63, 3.8) is 0 Å². The molecule has 1 N–H and O–H groups in total. The smallest absolute Gasteiger partial charge is 0.267 e. The van der Waals surface area contributed by atoms with Crippen molar-refractivity contribution in [1.29, 1.82) is 0 Å². The predicted octanol–water partition coefficient (Wildman–Crippen LogP) is 2.46. The monoisotopic (exact) mass is 348 g/mol. The molecule has 0 spiro atoms. The number of hydrogen-bond donors (Lipinski definition) is 1. The molecule has 0 radical (unpaired) electrons. The normalized spacial score (nSPS) is 18.2. The molecule has 0 aliphatic carbocycles. The Bertz CT molecular complexity index is 740. The summed E-state index contributed by atoms with van der Waals surface area (Å²) in [5.41, 5.74) is -0.0511. The minimum atomic E-state index is -0.0511. The van der Waals surface area contributed by atoms with Gasteiger partial charge in [0.05, 0.1) is 6.04 Å². The molecule has 7 nitrogen and oxygen atoms in total. The summed E-state index contributed by atoms with van der Waals surface area (Å²) in [5.74, 6) is 0.878. The lowest BCUT2D eigenvalue weighted by atomic mass is 10.0. The number of hydrogen-bond acceptors (Lipinski definition) is 7. The molecule has 1 saturated heterocycles. The number of aromatic nitrogens is 4. The van der Waals surface area contributed by atoms with Gasteiger partial charge in [0.15, 0.2) is 0 Å². The maximum Gasteiger partial charge on any atom is 0.267 e. The van der Waals surface area contributed by atoms with E-state index >= 15 is 0 Å². The van der Waals surface area contributed by atoms with E-state index in [-0.39, 0.29) is 11.6 Å². The number of nitrogens with one attached hydrogen (secondary N) is 1. The highest BCUT2D eigenvalue weighted by atomic mass is 32.1. The first-order chi connectivity index (χ1) is 11.5. The average molecular weight is 348 g/mol. The minimum absolute atomic E-state index is 0.0511. The number of aryl methyl sites for hydroxylation is 1. The molecule has 1 unspecified atom stereocenters. The van der Waals surface area contributed by atoms with Gasteiger partial charge in [-0.25, -0.2) is 4.68 Å².